The van der Waals surface area contributed by atoms with Crippen LogP contribution in [-0.4, -0.2) is 48.6 Å². The van der Waals surface area contributed by atoms with E-state index in [1.54, 1.807) is 4.90 Å². The maximum absolute atomic E-state index is 11.9. The lowest BCUT2D eigenvalue weighted by atomic mass is 9.77. The molecule has 2 heterocycles. The number of esters is 1. The minimum atomic E-state index is -0.373. The number of amides is 1. The Morgan fingerprint density at radius 1 is 1.17 bits per heavy atom. The first-order valence-corrected chi connectivity index (χ1v) is 6.60. The van der Waals surface area contributed by atoms with Gasteiger partial charge in [-0.15, -0.1) is 11.6 Å². The summed E-state index contributed by atoms with van der Waals surface area (Å²) in [6.07, 6.45) is 2.53. The molecule has 2 saturated heterocycles. The number of hydrogen-bond donors (Lipinski definition) is 0. The Bertz CT molecular complexity index is 349. The summed E-state index contributed by atoms with van der Waals surface area (Å²) in [6, 6.07) is -0.112. The summed E-state index contributed by atoms with van der Waals surface area (Å²) in [4.78, 5) is 25.3. The van der Waals surface area contributed by atoms with Crippen molar-refractivity contribution in [2.75, 3.05) is 14.2 Å². The van der Waals surface area contributed by atoms with E-state index >= 15 is 0 Å². The number of piperidine rings is 2. The van der Waals surface area contributed by atoms with Crippen molar-refractivity contribution >= 4 is 23.7 Å². The fourth-order valence-corrected chi connectivity index (χ4v) is 3.54. The van der Waals surface area contributed by atoms with Gasteiger partial charge in [0.15, 0.2) is 0 Å². The van der Waals surface area contributed by atoms with Gasteiger partial charge in [0.1, 0.15) is 0 Å². The summed E-state index contributed by atoms with van der Waals surface area (Å²) in [5, 5.41) is 0.00774. The van der Waals surface area contributed by atoms with Crippen molar-refractivity contribution < 1.29 is 19.1 Å². The molecule has 0 spiro atoms. The first kappa shape index (κ1) is 13.5. The molecule has 102 valence electrons. The highest BCUT2D eigenvalue weighted by Crippen LogP contribution is 2.40. The summed E-state index contributed by atoms with van der Waals surface area (Å²) in [5.74, 6) is -0.551. The van der Waals surface area contributed by atoms with Gasteiger partial charge in [0, 0.05) is 11.4 Å². The molecule has 4 atom stereocenters. The predicted octanol–water partition coefficient (Wildman–Crippen LogP) is 1.78. The topological polar surface area (TPSA) is 55.8 Å². The number of alkyl halides is 1. The van der Waals surface area contributed by atoms with E-state index in [9.17, 15) is 9.59 Å². The zero-order valence-electron chi connectivity index (χ0n) is 10.6. The summed E-state index contributed by atoms with van der Waals surface area (Å²) in [5.41, 5.74) is 0. The van der Waals surface area contributed by atoms with Crippen LogP contribution in [0.2, 0.25) is 0 Å². The Balaban J connectivity index is 2.24. The number of nitrogens with zero attached hydrogens (tertiary/aromatic N) is 1. The van der Waals surface area contributed by atoms with Gasteiger partial charge in [0.2, 0.25) is 0 Å². The second-order valence-corrected chi connectivity index (χ2v) is 5.49. The molecule has 1 amide bonds. The van der Waals surface area contributed by atoms with Gasteiger partial charge in [0.05, 0.1) is 26.2 Å². The highest BCUT2D eigenvalue weighted by molar-refractivity contribution is 6.20. The second kappa shape index (κ2) is 5.34. The summed E-state index contributed by atoms with van der Waals surface area (Å²) in [7, 11) is 2.73. The van der Waals surface area contributed by atoms with Crippen LogP contribution in [0.3, 0.4) is 0 Å². The standard InChI is InChI=1S/C12H18ClNO4/c1-17-11(15)9-4-3-8-5-7(13)6-10(9)14(8)12(16)18-2/h7-10H,3-6H2,1-2H3/t7-,8-,9-,10-/m0/s1. The van der Waals surface area contributed by atoms with Crippen LogP contribution >= 0.6 is 11.6 Å². The molecule has 18 heavy (non-hydrogen) atoms. The van der Waals surface area contributed by atoms with E-state index in [2.05, 4.69) is 0 Å². The third kappa shape index (κ3) is 2.28. The number of fused-ring (bicyclic) bond motifs is 2. The summed E-state index contributed by atoms with van der Waals surface area (Å²) in [6.45, 7) is 0. The Morgan fingerprint density at radius 2 is 1.89 bits per heavy atom. The molecule has 2 rings (SSSR count). The van der Waals surface area contributed by atoms with Gasteiger partial charge in [-0.05, 0) is 25.7 Å². The van der Waals surface area contributed by atoms with Crippen LogP contribution in [0.4, 0.5) is 4.79 Å². The largest absolute Gasteiger partial charge is 0.469 e. The second-order valence-electron chi connectivity index (χ2n) is 4.87. The van der Waals surface area contributed by atoms with Gasteiger partial charge in [-0.2, -0.15) is 0 Å². The van der Waals surface area contributed by atoms with Gasteiger partial charge in [0.25, 0.3) is 0 Å². The van der Waals surface area contributed by atoms with Gasteiger partial charge in [-0.25, -0.2) is 4.79 Å². The number of ether oxygens (including phenoxy) is 2. The highest BCUT2D eigenvalue weighted by atomic mass is 35.5. The van der Waals surface area contributed by atoms with E-state index in [-0.39, 0.29) is 35.4 Å². The number of rotatable bonds is 1. The van der Waals surface area contributed by atoms with E-state index in [1.165, 1.54) is 14.2 Å². The summed E-state index contributed by atoms with van der Waals surface area (Å²) >= 11 is 6.21. The third-order valence-electron chi connectivity index (χ3n) is 3.94. The molecule has 0 radical (unpaired) electrons. The van der Waals surface area contributed by atoms with Crippen molar-refractivity contribution in [1.29, 1.82) is 0 Å². The fourth-order valence-electron chi connectivity index (χ4n) is 3.15. The van der Waals surface area contributed by atoms with Crippen LogP contribution in [0.25, 0.3) is 0 Å². The molecule has 0 saturated carbocycles. The molecule has 0 aliphatic carbocycles. The minimum Gasteiger partial charge on any atom is -0.469 e. The molecule has 2 bridgehead atoms. The van der Waals surface area contributed by atoms with E-state index in [0.717, 1.165) is 19.3 Å². The van der Waals surface area contributed by atoms with Gasteiger partial charge < -0.3 is 14.4 Å². The Hall–Kier alpha value is -0.970. The quantitative estimate of drug-likeness (QED) is 0.541. The summed E-state index contributed by atoms with van der Waals surface area (Å²) < 4.78 is 9.63. The molecule has 2 aliphatic heterocycles. The molecule has 2 aliphatic rings. The van der Waals surface area contributed by atoms with Gasteiger partial charge in [-0.3, -0.25) is 4.79 Å². The number of hydrogen-bond acceptors (Lipinski definition) is 4. The van der Waals surface area contributed by atoms with Crippen molar-refractivity contribution in [1.82, 2.24) is 4.90 Å². The van der Waals surface area contributed by atoms with E-state index in [4.69, 9.17) is 21.1 Å². The fraction of sp³-hybridized carbons (Fsp3) is 0.833. The van der Waals surface area contributed by atoms with Crippen molar-refractivity contribution in [3.05, 3.63) is 0 Å². The lowest BCUT2D eigenvalue weighted by Crippen LogP contribution is -2.59. The Kier molecular flexibility index (Phi) is 4.00. The highest BCUT2D eigenvalue weighted by Gasteiger charge is 2.48. The lowest BCUT2D eigenvalue weighted by molar-refractivity contribution is -0.151. The molecule has 0 unspecified atom stereocenters. The lowest BCUT2D eigenvalue weighted by Gasteiger charge is -2.49. The smallest absolute Gasteiger partial charge is 0.410 e. The van der Waals surface area contributed by atoms with E-state index < -0.39 is 0 Å². The Labute approximate surface area is 111 Å². The van der Waals surface area contributed by atoms with Crippen LogP contribution < -0.4 is 0 Å². The normalized spacial score (nSPS) is 34.9. The predicted molar refractivity (Wildman–Crippen MR) is 65.4 cm³/mol. The molecule has 5 nitrogen and oxygen atoms in total. The van der Waals surface area contributed by atoms with Crippen LogP contribution in [0.5, 0.6) is 0 Å². The SMILES string of the molecule is COC(=O)[C@H]1CC[C@H]2C[C@H](Cl)C[C@@H]1N2C(=O)OC. The van der Waals surface area contributed by atoms with Crippen LogP contribution in [0.1, 0.15) is 25.7 Å². The number of carbonyl (C=O) groups excluding carboxylic acids is 2. The van der Waals surface area contributed by atoms with Crippen LogP contribution in [0, 0.1) is 5.92 Å². The maximum Gasteiger partial charge on any atom is 0.410 e. The van der Waals surface area contributed by atoms with Crippen molar-refractivity contribution in [3.63, 3.8) is 0 Å². The third-order valence-corrected chi connectivity index (χ3v) is 4.30. The van der Waals surface area contributed by atoms with Gasteiger partial charge >= 0.3 is 12.1 Å². The average molecular weight is 276 g/mol. The molecular weight excluding hydrogens is 258 g/mol. The molecule has 0 N–H and O–H groups in total. The van der Waals surface area contributed by atoms with E-state index in [0.29, 0.717) is 6.42 Å². The van der Waals surface area contributed by atoms with Crippen LogP contribution in [0.15, 0.2) is 0 Å². The molecule has 6 heteroatoms. The maximum atomic E-state index is 11.9. The van der Waals surface area contributed by atoms with Crippen molar-refractivity contribution in [3.8, 4) is 0 Å². The van der Waals surface area contributed by atoms with E-state index in [1.807, 2.05) is 0 Å². The minimum absolute atomic E-state index is 0.00774. The molecule has 0 aromatic carbocycles. The zero-order valence-corrected chi connectivity index (χ0v) is 11.4. The van der Waals surface area contributed by atoms with Crippen molar-refractivity contribution in [2.24, 2.45) is 5.92 Å². The molecular formula is C12H18ClNO4. The van der Waals surface area contributed by atoms with Crippen molar-refractivity contribution in [2.45, 2.75) is 43.1 Å². The molecule has 0 aromatic heterocycles. The average Bonchev–Trinajstić information content (AvgIpc) is 2.36. The van der Waals surface area contributed by atoms with Crippen LogP contribution in [-0.2, 0) is 14.3 Å². The number of methoxy groups -OCH3 is 2. The number of halogens is 1. The monoisotopic (exact) mass is 275 g/mol. The van der Waals surface area contributed by atoms with Gasteiger partial charge in [-0.1, -0.05) is 0 Å². The first-order valence-electron chi connectivity index (χ1n) is 6.16. The molecule has 2 fully saturated rings. The zero-order chi connectivity index (χ0) is 13.3. The molecule has 0 aromatic rings. The first-order chi connectivity index (χ1) is 8.58. The number of carbonyl (C=O) groups is 2. The Morgan fingerprint density at radius 3 is 2.50 bits per heavy atom.